The molecule has 0 saturated carbocycles. The van der Waals surface area contributed by atoms with Gasteiger partial charge in [0.05, 0.1) is 12.7 Å². The fourth-order valence-corrected chi connectivity index (χ4v) is 1.69. The highest BCUT2D eigenvalue weighted by molar-refractivity contribution is 5.76. The molecule has 102 valence electrons. The lowest BCUT2D eigenvalue weighted by Gasteiger charge is -2.16. The molecule has 0 aliphatic carbocycles. The molecule has 0 heterocycles. The van der Waals surface area contributed by atoms with Gasteiger partial charge in [0, 0.05) is 26.4 Å². The first-order chi connectivity index (χ1) is 9.17. The van der Waals surface area contributed by atoms with E-state index < -0.39 is 0 Å². The van der Waals surface area contributed by atoms with E-state index in [0.717, 1.165) is 12.2 Å². The molecule has 19 heavy (non-hydrogen) atoms. The van der Waals surface area contributed by atoms with Crippen LogP contribution in [-0.4, -0.2) is 31.0 Å². The van der Waals surface area contributed by atoms with Crippen molar-refractivity contribution in [2.75, 3.05) is 20.2 Å². The number of likely N-dealkylation sites (N-methyl/N-ethyl adjacent to an activating group) is 1. The highest BCUT2D eigenvalue weighted by Crippen LogP contribution is 2.12. The number of amides is 1. The van der Waals surface area contributed by atoms with Crippen molar-refractivity contribution < 1.29 is 9.53 Å². The van der Waals surface area contributed by atoms with Crippen molar-refractivity contribution in [2.45, 2.75) is 26.2 Å². The van der Waals surface area contributed by atoms with Gasteiger partial charge in [0.25, 0.3) is 0 Å². The molecule has 0 radical (unpaired) electrons. The summed E-state index contributed by atoms with van der Waals surface area (Å²) in [5, 5.41) is 8.44. The number of nitriles is 1. The topological polar surface area (TPSA) is 53.3 Å². The second kappa shape index (κ2) is 8.15. The van der Waals surface area contributed by atoms with Crippen molar-refractivity contribution in [3.8, 4) is 11.8 Å². The minimum Gasteiger partial charge on any atom is -0.494 e. The molecule has 0 N–H and O–H groups in total. The highest BCUT2D eigenvalue weighted by Gasteiger charge is 2.07. The minimum atomic E-state index is 0.0208. The van der Waals surface area contributed by atoms with Crippen LogP contribution in [0.15, 0.2) is 24.3 Å². The van der Waals surface area contributed by atoms with Gasteiger partial charge in [-0.3, -0.25) is 4.79 Å². The number of hydrogen-bond acceptors (Lipinski definition) is 3. The molecule has 1 rings (SSSR count). The maximum absolute atomic E-state index is 11.6. The monoisotopic (exact) mass is 260 g/mol. The van der Waals surface area contributed by atoms with E-state index in [1.54, 1.807) is 11.9 Å². The molecule has 0 atom stereocenters. The molecule has 0 unspecified atom stereocenters. The van der Waals surface area contributed by atoms with E-state index >= 15 is 0 Å². The maximum atomic E-state index is 11.6. The van der Waals surface area contributed by atoms with E-state index in [0.29, 0.717) is 19.6 Å². The Balaban J connectivity index is 2.39. The van der Waals surface area contributed by atoms with E-state index in [1.807, 2.05) is 37.3 Å². The number of nitrogens with zero attached hydrogens (tertiary/aromatic N) is 2. The maximum Gasteiger partial charge on any atom is 0.223 e. The quantitative estimate of drug-likeness (QED) is 0.756. The Hall–Kier alpha value is -2.02. The van der Waals surface area contributed by atoms with Crippen molar-refractivity contribution in [2.24, 2.45) is 0 Å². The van der Waals surface area contributed by atoms with Crippen LogP contribution >= 0.6 is 0 Å². The van der Waals surface area contributed by atoms with Gasteiger partial charge in [-0.1, -0.05) is 12.1 Å². The van der Waals surface area contributed by atoms with Crippen molar-refractivity contribution >= 4 is 5.91 Å². The van der Waals surface area contributed by atoms with Crippen LogP contribution in [0.2, 0.25) is 0 Å². The van der Waals surface area contributed by atoms with Crippen molar-refractivity contribution in [1.29, 1.82) is 5.26 Å². The standard InChI is InChI=1S/C15H20N2O2/c1-3-19-14-8-6-13(7-9-14)10-12-17(2)15(18)5-4-11-16/h6-9H,3-5,10,12H2,1-2H3. The molecule has 1 aromatic rings. The van der Waals surface area contributed by atoms with E-state index in [2.05, 4.69) is 0 Å². The van der Waals surface area contributed by atoms with Crippen molar-refractivity contribution in [1.82, 2.24) is 4.90 Å². The predicted octanol–water partition coefficient (Wildman–Crippen LogP) is 2.39. The van der Waals surface area contributed by atoms with Crippen LogP contribution in [0.5, 0.6) is 5.75 Å². The summed E-state index contributed by atoms with van der Waals surface area (Å²) in [5.74, 6) is 0.886. The number of benzene rings is 1. The third-order valence-corrected chi connectivity index (χ3v) is 2.85. The summed E-state index contributed by atoms with van der Waals surface area (Å²) in [6.45, 7) is 3.28. The van der Waals surface area contributed by atoms with Crippen LogP contribution in [0.4, 0.5) is 0 Å². The molecule has 0 bridgehead atoms. The number of ether oxygens (including phenoxy) is 1. The first kappa shape index (κ1) is 15.0. The van der Waals surface area contributed by atoms with Crippen molar-refractivity contribution in [3.63, 3.8) is 0 Å². The van der Waals surface area contributed by atoms with E-state index in [9.17, 15) is 4.79 Å². The van der Waals surface area contributed by atoms with Crippen LogP contribution < -0.4 is 4.74 Å². The zero-order valence-corrected chi connectivity index (χ0v) is 11.6. The second-order valence-corrected chi connectivity index (χ2v) is 4.30. The van der Waals surface area contributed by atoms with Gasteiger partial charge in [-0.05, 0) is 31.0 Å². The van der Waals surface area contributed by atoms with Crippen LogP contribution in [0.25, 0.3) is 0 Å². The molecule has 0 aliphatic rings. The molecule has 4 heteroatoms. The fourth-order valence-electron chi connectivity index (χ4n) is 1.69. The Kier molecular flexibility index (Phi) is 6.45. The Morgan fingerprint density at radius 1 is 1.37 bits per heavy atom. The number of carbonyl (C=O) groups excluding carboxylic acids is 1. The van der Waals surface area contributed by atoms with Gasteiger partial charge in [-0.2, -0.15) is 5.26 Å². The highest BCUT2D eigenvalue weighted by atomic mass is 16.5. The second-order valence-electron chi connectivity index (χ2n) is 4.30. The summed E-state index contributed by atoms with van der Waals surface area (Å²) in [5.41, 5.74) is 1.17. The molecular weight excluding hydrogens is 240 g/mol. The Labute approximate surface area is 114 Å². The molecule has 0 aromatic heterocycles. The minimum absolute atomic E-state index is 0.0208. The van der Waals surface area contributed by atoms with E-state index in [1.165, 1.54) is 5.56 Å². The third kappa shape index (κ3) is 5.43. The predicted molar refractivity (Wildman–Crippen MR) is 73.8 cm³/mol. The average molecular weight is 260 g/mol. The molecule has 0 aliphatic heterocycles. The molecular formula is C15H20N2O2. The first-order valence-corrected chi connectivity index (χ1v) is 6.50. The van der Waals surface area contributed by atoms with Crippen LogP contribution in [0, 0.1) is 11.3 Å². The average Bonchev–Trinajstić information content (AvgIpc) is 2.44. The van der Waals surface area contributed by atoms with E-state index in [-0.39, 0.29) is 12.3 Å². The molecule has 0 spiro atoms. The Bertz CT molecular complexity index is 434. The zero-order valence-electron chi connectivity index (χ0n) is 11.6. The van der Waals surface area contributed by atoms with Gasteiger partial charge in [0.15, 0.2) is 0 Å². The lowest BCUT2D eigenvalue weighted by atomic mass is 10.1. The van der Waals surface area contributed by atoms with Crippen LogP contribution in [-0.2, 0) is 11.2 Å². The van der Waals surface area contributed by atoms with Gasteiger partial charge in [-0.25, -0.2) is 0 Å². The van der Waals surface area contributed by atoms with Crippen LogP contribution in [0.1, 0.15) is 25.3 Å². The van der Waals surface area contributed by atoms with Gasteiger partial charge in [0.1, 0.15) is 5.75 Å². The number of carbonyl (C=O) groups is 1. The summed E-state index contributed by atoms with van der Waals surface area (Å²) < 4.78 is 5.37. The van der Waals surface area contributed by atoms with Gasteiger partial charge in [-0.15, -0.1) is 0 Å². The molecule has 1 amide bonds. The Morgan fingerprint density at radius 3 is 2.63 bits per heavy atom. The lowest BCUT2D eigenvalue weighted by molar-refractivity contribution is -0.129. The SMILES string of the molecule is CCOc1ccc(CCN(C)C(=O)CCC#N)cc1. The fraction of sp³-hybridized carbons (Fsp3) is 0.467. The molecule has 4 nitrogen and oxygen atoms in total. The van der Waals surface area contributed by atoms with Crippen LogP contribution in [0.3, 0.4) is 0 Å². The summed E-state index contributed by atoms with van der Waals surface area (Å²) >= 11 is 0. The summed E-state index contributed by atoms with van der Waals surface area (Å²) in [4.78, 5) is 13.3. The van der Waals surface area contributed by atoms with Gasteiger partial charge in [0.2, 0.25) is 5.91 Å². The van der Waals surface area contributed by atoms with Gasteiger partial charge < -0.3 is 9.64 Å². The number of hydrogen-bond donors (Lipinski definition) is 0. The smallest absolute Gasteiger partial charge is 0.223 e. The largest absolute Gasteiger partial charge is 0.494 e. The third-order valence-electron chi connectivity index (χ3n) is 2.85. The first-order valence-electron chi connectivity index (χ1n) is 6.50. The molecule has 1 aromatic carbocycles. The zero-order chi connectivity index (χ0) is 14.1. The lowest BCUT2D eigenvalue weighted by Crippen LogP contribution is -2.28. The summed E-state index contributed by atoms with van der Waals surface area (Å²) in [7, 11) is 1.77. The Morgan fingerprint density at radius 2 is 2.05 bits per heavy atom. The number of rotatable bonds is 7. The van der Waals surface area contributed by atoms with Crippen molar-refractivity contribution in [3.05, 3.63) is 29.8 Å². The molecule has 0 saturated heterocycles. The van der Waals surface area contributed by atoms with E-state index in [4.69, 9.17) is 10.00 Å². The summed E-state index contributed by atoms with van der Waals surface area (Å²) in [6, 6.07) is 9.89. The molecule has 0 fully saturated rings. The summed E-state index contributed by atoms with van der Waals surface area (Å²) in [6.07, 6.45) is 1.39. The normalized spacial score (nSPS) is 9.74. The van der Waals surface area contributed by atoms with Gasteiger partial charge >= 0.3 is 0 Å².